The van der Waals surface area contributed by atoms with Crippen LogP contribution in [-0.2, 0) is 10.0 Å². The molecule has 19 heavy (non-hydrogen) atoms. The molecule has 1 unspecified atom stereocenters. The number of halogens is 2. The Kier molecular flexibility index (Phi) is 4.30. The van der Waals surface area contributed by atoms with Crippen LogP contribution in [0.3, 0.4) is 0 Å². The first kappa shape index (κ1) is 14.9. The first-order valence-corrected chi connectivity index (χ1v) is 8.29. The van der Waals surface area contributed by atoms with Gasteiger partial charge in [-0.25, -0.2) is 13.1 Å². The zero-order chi connectivity index (χ0) is 14.2. The van der Waals surface area contributed by atoms with Crippen LogP contribution in [0.15, 0.2) is 17.0 Å². The molecule has 1 aliphatic rings. The van der Waals surface area contributed by atoms with Crippen LogP contribution in [0.1, 0.15) is 19.8 Å². The van der Waals surface area contributed by atoms with E-state index in [-0.39, 0.29) is 14.9 Å². The lowest BCUT2D eigenvalue weighted by atomic mass is 10.1. The normalized spacial score (nSPS) is 17.4. The predicted octanol–water partition coefficient (Wildman–Crippen LogP) is 2.90. The summed E-state index contributed by atoms with van der Waals surface area (Å²) in [4.78, 5) is -0.104. The Bertz CT molecular complexity index is 562. The SMILES string of the molecule is CC(CNS(=O)(=O)c1c(Cl)cc(N)cc1Cl)C1CC1. The van der Waals surface area contributed by atoms with Crippen molar-refractivity contribution in [3.8, 4) is 0 Å². The summed E-state index contributed by atoms with van der Waals surface area (Å²) in [6, 6.07) is 2.76. The molecule has 0 amide bonds. The fourth-order valence-corrected chi connectivity index (χ4v) is 4.35. The first-order chi connectivity index (χ1) is 8.81. The summed E-state index contributed by atoms with van der Waals surface area (Å²) >= 11 is 11.9. The number of nitrogen functional groups attached to an aromatic ring is 1. The van der Waals surface area contributed by atoms with Gasteiger partial charge in [0.25, 0.3) is 0 Å². The van der Waals surface area contributed by atoms with Gasteiger partial charge < -0.3 is 5.73 Å². The molecule has 1 atom stereocenters. The molecule has 0 spiro atoms. The topological polar surface area (TPSA) is 72.2 Å². The number of nitrogens with one attached hydrogen (secondary N) is 1. The molecule has 3 N–H and O–H groups in total. The highest BCUT2D eigenvalue weighted by molar-refractivity contribution is 7.89. The number of anilines is 1. The lowest BCUT2D eigenvalue weighted by Crippen LogP contribution is -2.29. The average Bonchev–Trinajstić information content (AvgIpc) is 3.07. The van der Waals surface area contributed by atoms with E-state index in [1.54, 1.807) is 0 Å². The second-order valence-corrected chi connectivity index (χ2v) is 7.50. The molecule has 1 saturated carbocycles. The van der Waals surface area contributed by atoms with Crippen LogP contribution in [-0.4, -0.2) is 15.0 Å². The summed E-state index contributed by atoms with van der Waals surface area (Å²) in [5.41, 5.74) is 5.89. The summed E-state index contributed by atoms with van der Waals surface area (Å²) in [7, 11) is -3.71. The largest absolute Gasteiger partial charge is 0.399 e. The Morgan fingerprint density at radius 3 is 2.37 bits per heavy atom. The van der Waals surface area contributed by atoms with Crippen molar-refractivity contribution in [2.45, 2.75) is 24.7 Å². The second-order valence-electron chi connectivity index (χ2n) is 4.98. The second kappa shape index (κ2) is 5.48. The molecule has 1 aliphatic carbocycles. The highest BCUT2D eigenvalue weighted by Crippen LogP contribution is 2.36. The Labute approximate surface area is 123 Å². The molecular weight excluding hydrogens is 307 g/mol. The molecule has 0 heterocycles. The molecule has 1 aromatic carbocycles. The maximum atomic E-state index is 12.2. The van der Waals surface area contributed by atoms with Gasteiger partial charge in [0.05, 0.1) is 10.0 Å². The van der Waals surface area contributed by atoms with Gasteiger partial charge in [-0.05, 0) is 36.8 Å². The molecule has 0 bridgehead atoms. The van der Waals surface area contributed by atoms with Crippen molar-refractivity contribution in [2.24, 2.45) is 11.8 Å². The Morgan fingerprint density at radius 2 is 1.89 bits per heavy atom. The van der Waals surface area contributed by atoms with Gasteiger partial charge in [-0.15, -0.1) is 0 Å². The number of hydrogen-bond donors (Lipinski definition) is 2. The van der Waals surface area contributed by atoms with Crippen molar-refractivity contribution in [3.63, 3.8) is 0 Å². The maximum Gasteiger partial charge on any atom is 0.243 e. The zero-order valence-electron chi connectivity index (χ0n) is 10.5. The van der Waals surface area contributed by atoms with Gasteiger partial charge in [0.2, 0.25) is 10.0 Å². The minimum absolute atomic E-state index is 0.0385. The third-order valence-electron chi connectivity index (χ3n) is 3.31. The van der Waals surface area contributed by atoms with Gasteiger partial charge in [-0.1, -0.05) is 30.1 Å². The zero-order valence-corrected chi connectivity index (χ0v) is 12.8. The number of benzene rings is 1. The summed E-state index contributed by atoms with van der Waals surface area (Å²) in [6.45, 7) is 2.43. The third-order valence-corrected chi connectivity index (χ3v) is 5.66. The summed E-state index contributed by atoms with van der Waals surface area (Å²) in [5, 5.41) is 0.0770. The van der Waals surface area contributed by atoms with E-state index in [0.717, 1.165) is 0 Å². The highest BCUT2D eigenvalue weighted by atomic mass is 35.5. The minimum Gasteiger partial charge on any atom is -0.399 e. The lowest BCUT2D eigenvalue weighted by Gasteiger charge is -2.14. The van der Waals surface area contributed by atoms with E-state index in [1.165, 1.54) is 25.0 Å². The van der Waals surface area contributed by atoms with E-state index in [1.807, 2.05) is 6.92 Å². The molecule has 0 radical (unpaired) electrons. The van der Waals surface area contributed by atoms with Gasteiger partial charge >= 0.3 is 0 Å². The number of sulfonamides is 1. The molecule has 0 saturated heterocycles. The highest BCUT2D eigenvalue weighted by Gasteiger charge is 2.29. The molecular formula is C12H16Cl2N2O2S. The molecule has 0 aromatic heterocycles. The Morgan fingerprint density at radius 1 is 1.37 bits per heavy atom. The molecule has 2 rings (SSSR count). The Balaban J connectivity index is 2.19. The van der Waals surface area contributed by atoms with Crippen LogP contribution < -0.4 is 10.5 Å². The van der Waals surface area contributed by atoms with Gasteiger partial charge in [-0.3, -0.25) is 0 Å². The van der Waals surface area contributed by atoms with Gasteiger partial charge in [-0.2, -0.15) is 0 Å². The Hall–Kier alpha value is -0.490. The molecule has 0 aliphatic heterocycles. The van der Waals surface area contributed by atoms with Gasteiger partial charge in [0, 0.05) is 12.2 Å². The van der Waals surface area contributed by atoms with Crippen LogP contribution >= 0.6 is 23.2 Å². The third kappa shape index (κ3) is 3.54. The summed E-state index contributed by atoms with van der Waals surface area (Å²) < 4.78 is 27.0. The van der Waals surface area contributed by atoms with Crippen molar-refractivity contribution < 1.29 is 8.42 Å². The van der Waals surface area contributed by atoms with Crippen molar-refractivity contribution in [1.29, 1.82) is 0 Å². The molecule has 1 aromatic rings. The van der Waals surface area contributed by atoms with Crippen molar-refractivity contribution >= 4 is 38.9 Å². The van der Waals surface area contributed by atoms with Gasteiger partial charge in [0.1, 0.15) is 4.90 Å². The average molecular weight is 323 g/mol. The summed E-state index contributed by atoms with van der Waals surface area (Å²) in [6.07, 6.45) is 2.35. The minimum atomic E-state index is -3.71. The van der Waals surface area contributed by atoms with Crippen LogP contribution in [0.5, 0.6) is 0 Å². The first-order valence-electron chi connectivity index (χ1n) is 6.05. The van der Waals surface area contributed by atoms with E-state index in [0.29, 0.717) is 24.1 Å². The van der Waals surface area contributed by atoms with Crippen LogP contribution in [0, 0.1) is 11.8 Å². The quantitative estimate of drug-likeness (QED) is 0.819. The van der Waals surface area contributed by atoms with Crippen molar-refractivity contribution in [1.82, 2.24) is 4.72 Å². The van der Waals surface area contributed by atoms with E-state index >= 15 is 0 Å². The number of nitrogens with two attached hydrogens (primary N) is 1. The molecule has 4 nitrogen and oxygen atoms in total. The van der Waals surface area contributed by atoms with E-state index in [9.17, 15) is 8.42 Å². The van der Waals surface area contributed by atoms with E-state index in [2.05, 4.69) is 4.72 Å². The van der Waals surface area contributed by atoms with Crippen molar-refractivity contribution in [2.75, 3.05) is 12.3 Å². The fraction of sp³-hybridized carbons (Fsp3) is 0.500. The molecule has 106 valence electrons. The standard InChI is InChI=1S/C12H16Cl2N2O2S/c1-7(8-2-3-8)6-16-19(17,18)12-10(13)4-9(15)5-11(12)14/h4-5,7-8,16H,2-3,6,15H2,1H3. The monoisotopic (exact) mass is 322 g/mol. The number of hydrogen-bond acceptors (Lipinski definition) is 3. The lowest BCUT2D eigenvalue weighted by molar-refractivity contribution is 0.492. The molecule has 7 heteroatoms. The smallest absolute Gasteiger partial charge is 0.243 e. The van der Waals surface area contributed by atoms with Crippen LogP contribution in [0.2, 0.25) is 10.0 Å². The van der Waals surface area contributed by atoms with E-state index in [4.69, 9.17) is 28.9 Å². The molecule has 1 fully saturated rings. The summed E-state index contributed by atoms with van der Waals surface area (Å²) in [5.74, 6) is 0.946. The fourth-order valence-electron chi connectivity index (χ4n) is 1.98. The maximum absolute atomic E-state index is 12.2. The van der Waals surface area contributed by atoms with Crippen LogP contribution in [0.4, 0.5) is 5.69 Å². The van der Waals surface area contributed by atoms with E-state index < -0.39 is 10.0 Å². The van der Waals surface area contributed by atoms with Crippen LogP contribution in [0.25, 0.3) is 0 Å². The van der Waals surface area contributed by atoms with Gasteiger partial charge in [0.15, 0.2) is 0 Å². The predicted molar refractivity (Wildman–Crippen MR) is 78.0 cm³/mol. The number of rotatable bonds is 5. The van der Waals surface area contributed by atoms with Crippen molar-refractivity contribution in [3.05, 3.63) is 22.2 Å².